The van der Waals surface area contributed by atoms with Gasteiger partial charge in [0.05, 0.1) is 16.7 Å². The Kier molecular flexibility index (Phi) is 5.12. The number of anilines is 2. The molecule has 0 aliphatic carbocycles. The number of aryl methyl sites for hydroxylation is 1. The SMILES string of the molecule is Cc1ccccc1N1C(=O)NC(=O)[C@@]2(Cc3cc([N+](=O)[O-])ccc3N(C)[C@@H]2c2ccccc2)C1=O. The molecule has 2 atom stereocenters. The van der Waals surface area contributed by atoms with Crippen LogP contribution in [0.1, 0.15) is 22.7 Å². The molecular formula is C26H22N4O5. The Morgan fingerprint density at radius 1 is 0.971 bits per heavy atom. The third kappa shape index (κ3) is 3.27. The number of rotatable bonds is 3. The molecule has 0 bridgehead atoms. The summed E-state index contributed by atoms with van der Waals surface area (Å²) in [6, 6.07) is 18.9. The highest BCUT2D eigenvalue weighted by molar-refractivity contribution is 6.31. The average Bonchev–Trinajstić information content (AvgIpc) is 2.84. The molecule has 2 aliphatic heterocycles. The third-order valence-electron chi connectivity index (χ3n) is 6.86. The maximum Gasteiger partial charge on any atom is 0.335 e. The first-order valence-electron chi connectivity index (χ1n) is 11.1. The Labute approximate surface area is 201 Å². The number of barbiturate groups is 1. The van der Waals surface area contributed by atoms with Gasteiger partial charge in [-0.05, 0) is 35.7 Å². The van der Waals surface area contributed by atoms with Crippen molar-refractivity contribution in [3.05, 3.63) is 99.6 Å². The highest BCUT2D eigenvalue weighted by Gasteiger charge is 2.62. The predicted octanol–water partition coefficient (Wildman–Crippen LogP) is 3.91. The monoisotopic (exact) mass is 470 g/mol. The zero-order chi connectivity index (χ0) is 24.9. The second kappa shape index (κ2) is 8.05. The lowest BCUT2D eigenvalue weighted by Crippen LogP contribution is -2.69. The lowest BCUT2D eigenvalue weighted by atomic mass is 9.66. The van der Waals surface area contributed by atoms with Crippen LogP contribution >= 0.6 is 0 Å². The molecular weight excluding hydrogens is 448 g/mol. The van der Waals surface area contributed by atoms with E-state index in [1.165, 1.54) is 12.1 Å². The summed E-state index contributed by atoms with van der Waals surface area (Å²) in [6.45, 7) is 1.78. The number of benzene rings is 3. The number of nitro groups is 1. The van der Waals surface area contributed by atoms with Gasteiger partial charge in [-0.25, -0.2) is 9.69 Å². The molecule has 2 heterocycles. The number of amides is 4. The zero-order valence-electron chi connectivity index (χ0n) is 19.1. The Hall–Kier alpha value is -4.53. The molecule has 1 saturated heterocycles. The molecule has 0 aromatic heterocycles. The molecule has 1 fully saturated rings. The van der Waals surface area contributed by atoms with E-state index in [9.17, 15) is 24.5 Å². The van der Waals surface area contributed by atoms with Gasteiger partial charge in [-0.1, -0.05) is 48.5 Å². The summed E-state index contributed by atoms with van der Waals surface area (Å²) in [5, 5.41) is 13.9. The largest absolute Gasteiger partial charge is 0.366 e. The number of hydrogen-bond acceptors (Lipinski definition) is 6. The Balaban J connectivity index is 1.76. The van der Waals surface area contributed by atoms with Crippen molar-refractivity contribution >= 4 is 34.9 Å². The third-order valence-corrected chi connectivity index (χ3v) is 6.86. The molecule has 3 aromatic rings. The van der Waals surface area contributed by atoms with Crippen LogP contribution in [0, 0.1) is 22.5 Å². The van der Waals surface area contributed by atoms with Crippen LogP contribution in [0.3, 0.4) is 0 Å². The quantitative estimate of drug-likeness (QED) is 0.353. The summed E-state index contributed by atoms with van der Waals surface area (Å²) < 4.78 is 0. The van der Waals surface area contributed by atoms with Crippen LogP contribution in [-0.4, -0.2) is 29.8 Å². The van der Waals surface area contributed by atoms with Gasteiger partial charge < -0.3 is 4.90 Å². The number of carbonyl (C=O) groups is 3. The van der Waals surface area contributed by atoms with E-state index in [1.807, 2.05) is 30.3 Å². The van der Waals surface area contributed by atoms with E-state index in [1.54, 1.807) is 49.2 Å². The number of hydrogen-bond donors (Lipinski definition) is 1. The number of urea groups is 1. The van der Waals surface area contributed by atoms with E-state index in [2.05, 4.69) is 5.32 Å². The van der Waals surface area contributed by atoms with E-state index in [0.29, 0.717) is 28.1 Å². The van der Waals surface area contributed by atoms with Crippen LogP contribution in [-0.2, 0) is 16.0 Å². The molecule has 3 aromatic carbocycles. The Bertz CT molecular complexity index is 1390. The normalized spacial score (nSPS) is 21.7. The fourth-order valence-electron chi connectivity index (χ4n) is 5.26. The van der Waals surface area contributed by atoms with E-state index in [0.717, 1.165) is 4.90 Å². The number of para-hydroxylation sites is 1. The van der Waals surface area contributed by atoms with Crippen molar-refractivity contribution in [3.63, 3.8) is 0 Å². The highest BCUT2D eigenvalue weighted by atomic mass is 16.6. The Morgan fingerprint density at radius 3 is 2.34 bits per heavy atom. The van der Waals surface area contributed by atoms with Crippen molar-refractivity contribution in [1.29, 1.82) is 0 Å². The standard InChI is InChI=1S/C26H22N4O5/c1-16-8-6-7-11-20(16)29-24(32)26(23(31)27-25(29)33)15-18-14-19(30(34)35)12-13-21(18)28(2)22(26)17-9-4-3-5-10-17/h3-14,22H,15H2,1-2H3,(H,27,31,33)/t22-,26+/m1/s1. The maximum atomic E-state index is 14.3. The highest BCUT2D eigenvalue weighted by Crippen LogP contribution is 2.52. The number of imide groups is 2. The van der Waals surface area contributed by atoms with Gasteiger partial charge >= 0.3 is 6.03 Å². The van der Waals surface area contributed by atoms with Gasteiger partial charge in [-0.15, -0.1) is 0 Å². The molecule has 176 valence electrons. The van der Waals surface area contributed by atoms with Gasteiger partial charge in [0.1, 0.15) is 0 Å². The van der Waals surface area contributed by atoms with Gasteiger partial charge in [-0.2, -0.15) is 0 Å². The fraction of sp³-hybridized carbons (Fsp3) is 0.192. The summed E-state index contributed by atoms with van der Waals surface area (Å²) in [6.07, 6.45) is -0.103. The summed E-state index contributed by atoms with van der Waals surface area (Å²) in [4.78, 5) is 54.7. The van der Waals surface area contributed by atoms with E-state index < -0.39 is 34.2 Å². The van der Waals surface area contributed by atoms with Gasteiger partial charge in [0, 0.05) is 31.3 Å². The summed E-state index contributed by atoms with van der Waals surface area (Å²) in [5.41, 5.74) is 1.06. The van der Waals surface area contributed by atoms with Gasteiger partial charge in [0.2, 0.25) is 5.91 Å². The van der Waals surface area contributed by atoms with Crippen LogP contribution in [0.4, 0.5) is 21.9 Å². The second-order valence-corrected chi connectivity index (χ2v) is 8.83. The number of non-ortho nitro benzene ring substituents is 1. The molecule has 0 unspecified atom stereocenters. The van der Waals surface area contributed by atoms with E-state index >= 15 is 0 Å². The molecule has 35 heavy (non-hydrogen) atoms. The molecule has 0 radical (unpaired) electrons. The van der Waals surface area contributed by atoms with Crippen LogP contribution in [0.2, 0.25) is 0 Å². The van der Waals surface area contributed by atoms with E-state index in [4.69, 9.17) is 0 Å². The van der Waals surface area contributed by atoms with Gasteiger partial charge in [0.25, 0.3) is 11.6 Å². The zero-order valence-corrected chi connectivity index (χ0v) is 19.1. The number of nitrogens with zero attached hydrogens (tertiary/aromatic N) is 3. The van der Waals surface area contributed by atoms with Crippen molar-refractivity contribution in [2.75, 3.05) is 16.8 Å². The first kappa shape index (κ1) is 22.3. The van der Waals surface area contributed by atoms with Crippen LogP contribution in [0.15, 0.2) is 72.8 Å². The topological polar surface area (TPSA) is 113 Å². The first-order valence-corrected chi connectivity index (χ1v) is 11.1. The number of carbonyl (C=O) groups excluding carboxylic acids is 3. The number of nitro benzene ring substituents is 1. The first-order chi connectivity index (χ1) is 16.8. The molecule has 9 nitrogen and oxygen atoms in total. The second-order valence-electron chi connectivity index (χ2n) is 8.83. The van der Waals surface area contributed by atoms with Crippen molar-refractivity contribution in [1.82, 2.24) is 5.32 Å². The molecule has 4 amide bonds. The molecule has 1 spiro atoms. The van der Waals surface area contributed by atoms with Crippen LogP contribution < -0.4 is 15.1 Å². The minimum atomic E-state index is -1.74. The Morgan fingerprint density at radius 2 is 1.66 bits per heavy atom. The van der Waals surface area contributed by atoms with Crippen molar-refractivity contribution in [3.8, 4) is 0 Å². The maximum absolute atomic E-state index is 14.3. The molecule has 1 N–H and O–H groups in total. The fourth-order valence-corrected chi connectivity index (χ4v) is 5.26. The lowest BCUT2D eigenvalue weighted by Gasteiger charge is -2.51. The number of nitrogens with one attached hydrogen (secondary N) is 1. The summed E-state index contributed by atoms with van der Waals surface area (Å²) >= 11 is 0. The van der Waals surface area contributed by atoms with Crippen molar-refractivity contribution < 1.29 is 19.3 Å². The molecule has 0 saturated carbocycles. The minimum Gasteiger partial charge on any atom is -0.366 e. The predicted molar refractivity (Wildman–Crippen MR) is 129 cm³/mol. The molecule has 9 heteroatoms. The average molecular weight is 470 g/mol. The summed E-state index contributed by atoms with van der Waals surface area (Å²) in [7, 11) is 1.75. The van der Waals surface area contributed by atoms with Gasteiger partial charge in [0.15, 0.2) is 5.41 Å². The van der Waals surface area contributed by atoms with Crippen LogP contribution in [0.25, 0.3) is 0 Å². The van der Waals surface area contributed by atoms with Gasteiger partial charge in [-0.3, -0.25) is 25.0 Å². The molecule has 2 aliphatic rings. The number of fused-ring (bicyclic) bond motifs is 1. The lowest BCUT2D eigenvalue weighted by molar-refractivity contribution is -0.384. The minimum absolute atomic E-state index is 0.103. The smallest absolute Gasteiger partial charge is 0.335 e. The molecule has 5 rings (SSSR count). The van der Waals surface area contributed by atoms with Crippen LogP contribution in [0.5, 0.6) is 0 Å². The van der Waals surface area contributed by atoms with E-state index in [-0.39, 0.29) is 12.1 Å². The van der Waals surface area contributed by atoms with Crippen molar-refractivity contribution in [2.24, 2.45) is 5.41 Å². The summed E-state index contributed by atoms with van der Waals surface area (Å²) in [5.74, 6) is -1.39. The van der Waals surface area contributed by atoms with Crippen molar-refractivity contribution in [2.45, 2.75) is 19.4 Å².